The highest BCUT2D eigenvalue weighted by atomic mass is 80.0. The number of alkyl halides is 3. The van der Waals surface area contributed by atoms with E-state index in [1.807, 2.05) is 55.5 Å². The van der Waals surface area contributed by atoms with E-state index in [4.69, 9.17) is 4.52 Å². The molecule has 1 N–H and O–H groups in total. The Labute approximate surface area is 208 Å². The molecule has 0 aliphatic heterocycles. The van der Waals surface area contributed by atoms with Crippen LogP contribution in [0.25, 0.3) is 16.6 Å². The van der Waals surface area contributed by atoms with Crippen molar-refractivity contribution < 1.29 is 4.52 Å². The quantitative estimate of drug-likeness (QED) is 0.179. The zero-order valence-corrected chi connectivity index (χ0v) is 21.4. The van der Waals surface area contributed by atoms with Crippen LogP contribution in [0, 0.1) is 18.8 Å². The smallest absolute Gasteiger partial charge is 0.184 e. The van der Waals surface area contributed by atoms with Crippen LogP contribution < -0.4 is 5.32 Å². The summed E-state index contributed by atoms with van der Waals surface area (Å²) in [5, 5.41) is 12.8. The van der Waals surface area contributed by atoms with Gasteiger partial charge in [0.15, 0.2) is 19.2 Å². The molecule has 5 aromatic rings. The predicted octanol–water partition coefficient (Wildman–Crippen LogP) is 6.62. The van der Waals surface area contributed by atoms with Gasteiger partial charge in [0.05, 0.1) is 17.1 Å². The van der Waals surface area contributed by atoms with Crippen LogP contribution >= 0.6 is 47.8 Å². The molecule has 5 rings (SSSR count). The Hall–Kier alpha value is -2.67. The van der Waals surface area contributed by atoms with Crippen LogP contribution in [0.15, 0.2) is 65.4 Å². The molecule has 6 nitrogen and oxygen atoms in total. The number of nitrogens with zero attached hydrogens (tertiary/aromatic N) is 4. The lowest BCUT2D eigenvalue weighted by atomic mass is 10.1. The fourth-order valence-electron chi connectivity index (χ4n) is 3.30. The van der Waals surface area contributed by atoms with Crippen molar-refractivity contribution in [2.45, 2.75) is 9.07 Å². The molecule has 3 heterocycles. The van der Waals surface area contributed by atoms with Crippen LogP contribution in [0.5, 0.6) is 0 Å². The third-order valence-electron chi connectivity index (χ3n) is 4.90. The van der Waals surface area contributed by atoms with Crippen LogP contribution in [-0.4, -0.2) is 19.8 Å². The molecule has 0 saturated heterocycles. The zero-order valence-electron chi connectivity index (χ0n) is 16.6. The second-order valence-electron chi connectivity index (χ2n) is 7.06. The Balaban J connectivity index is 1.53. The van der Waals surface area contributed by atoms with E-state index in [2.05, 4.69) is 80.2 Å². The van der Waals surface area contributed by atoms with Gasteiger partial charge in [0.1, 0.15) is 5.69 Å². The Kier molecular flexibility index (Phi) is 5.53. The summed E-state index contributed by atoms with van der Waals surface area (Å²) in [5.41, 5.74) is 5.75. The summed E-state index contributed by atoms with van der Waals surface area (Å²) < 4.78 is 6.92. The molecule has 2 aromatic carbocycles. The summed E-state index contributed by atoms with van der Waals surface area (Å²) in [4.78, 5) is 4.33. The second-order valence-corrected chi connectivity index (χ2v) is 13.8. The van der Waals surface area contributed by atoms with Gasteiger partial charge < -0.3 is 9.84 Å². The number of aromatic nitrogens is 4. The van der Waals surface area contributed by atoms with Gasteiger partial charge in [-0.2, -0.15) is 5.10 Å². The van der Waals surface area contributed by atoms with E-state index in [9.17, 15) is 0 Å². The summed E-state index contributed by atoms with van der Waals surface area (Å²) in [7, 11) is 0. The molecule has 0 saturated carbocycles. The maximum absolute atomic E-state index is 5.71. The largest absolute Gasteiger partial charge is 0.353 e. The lowest BCUT2D eigenvalue weighted by Gasteiger charge is -2.14. The van der Waals surface area contributed by atoms with Crippen LogP contribution in [0.3, 0.4) is 0 Å². The molecule has 0 atom stereocenters. The van der Waals surface area contributed by atoms with Gasteiger partial charge in [0, 0.05) is 11.9 Å². The number of benzene rings is 2. The summed E-state index contributed by atoms with van der Waals surface area (Å²) in [6.07, 6.45) is 3.42. The molecule has 0 radical (unpaired) electrons. The van der Waals surface area contributed by atoms with Gasteiger partial charge in [0.2, 0.25) is 0 Å². The third-order valence-corrected chi connectivity index (χ3v) is 6.27. The van der Waals surface area contributed by atoms with Gasteiger partial charge >= 0.3 is 0 Å². The minimum absolute atomic E-state index is 0.497. The third kappa shape index (κ3) is 4.06. The van der Waals surface area contributed by atoms with Crippen molar-refractivity contribution in [2.24, 2.45) is 0 Å². The van der Waals surface area contributed by atoms with Crippen LogP contribution in [-0.2, 0) is 2.14 Å². The maximum atomic E-state index is 5.71. The molecule has 9 heteroatoms. The molecule has 158 valence electrons. The van der Waals surface area contributed by atoms with E-state index >= 15 is 0 Å². The van der Waals surface area contributed by atoms with Crippen LogP contribution in [0.1, 0.15) is 22.4 Å². The number of aryl methyl sites for hydroxylation is 1. The number of rotatable bonds is 2. The van der Waals surface area contributed by atoms with E-state index in [0.717, 1.165) is 33.4 Å². The van der Waals surface area contributed by atoms with Crippen molar-refractivity contribution in [2.75, 3.05) is 5.32 Å². The number of fused-ring (bicyclic) bond motifs is 2. The van der Waals surface area contributed by atoms with Crippen molar-refractivity contribution in [1.29, 1.82) is 0 Å². The van der Waals surface area contributed by atoms with Crippen molar-refractivity contribution in [3.63, 3.8) is 0 Å². The number of halogens is 3. The molecule has 0 aliphatic carbocycles. The first-order valence-corrected chi connectivity index (χ1v) is 11.9. The molecular weight excluding hydrogens is 602 g/mol. The highest BCUT2D eigenvalue weighted by molar-refractivity contribution is 9.38. The fraction of sp³-hybridized carbons (Fsp3) is 0.0870. The summed E-state index contributed by atoms with van der Waals surface area (Å²) in [6, 6.07) is 15.7. The summed E-state index contributed by atoms with van der Waals surface area (Å²) in [6.45, 7) is 2.00. The van der Waals surface area contributed by atoms with Gasteiger partial charge in [-0.1, -0.05) is 77.1 Å². The normalized spacial score (nSPS) is 11.5. The summed E-state index contributed by atoms with van der Waals surface area (Å²) in [5.74, 6) is 7.02. The standard InChI is InChI=1S/C23H14Br3N5O/c1-14-7-9-19-21(18(14)10-8-17-13-27-20-6-3-11-28-31(17)20)32-30-22(19)29-16-5-2-4-15(12-16)23(24,25)26/h2-7,9,11-13H,1H3,(H,29,30). The molecule has 0 aliphatic rings. The SMILES string of the molecule is Cc1ccc2c(Nc3cccc(C(Br)(Br)Br)c3)noc2c1C#Cc1cnc2cccnn12. The first-order valence-electron chi connectivity index (χ1n) is 9.54. The molecule has 0 amide bonds. The number of anilines is 2. The fourth-order valence-corrected chi connectivity index (χ4v) is 4.04. The van der Waals surface area contributed by atoms with Crippen molar-refractivity contribution in [1.82, 2.24) is 19.8 Å². The first kappa shape index (κ1) is 21.2. The van der Waals surface area contributed by atoms with Crippen molar-refractivity contribution in [3.8, 4) is 11.8 Å². The van der Waals surface area contributed by atoms with Gasteiger partial charge in [0.25, 0.3) is 0 Å². The minimum Gasteiger partial charge on any atom is -0.353 e. The lowest BCUT2D eigenvalue weighted by Crippen LogP contribution is -1.99. The number of imidazole rings is 1. The molecular formula is C23H14Br3N5O. The molecule has 3 aromatic heterocycles. The molecule has 32 heavy (non-hydrogen) atoms. The highest BCUT2D eigenvalue weighted by Gasteiger charge is 2.21. The average molecular weight is 616 g/mol. The topological polar surface area (TPSA) is 68.2 Å². The molecule has 0 spiro atoms. The summed E-state index contributed by atoms with van der Waals surface area (Å²) >= 11 is 10.7. The number of hydrogen-bond donors (Lipinski definition) is 1. The van der Waals surface area contributed by atoms with Gasteiger partial charge in [-0.3, -0.25) is 0 Å². The Morgan fingerprint density at radius 2 is 1.94 bits per heavy atom. The Morgan fingerprint density at radius 3 is 2.78 bits per heavy atom. The van der Waals surface area contributed by atoms with Crippen LogP contribution in [0.2, 0.25) is 0 Å². The first-order chi connectivity index (χ1) is 15.4. The van der Waals surface area contributed by atoms with E-state index in [0.29, 0.717) is 17.1 Å². The average Bonchev–Trinajstić information content (AvgIpc) is 3.37. The predicted molar refractivity (Wildman–Crippen MR) is 136 cm³/mol. The van der Waals surface area contributed by atoms with Crippen molar-refractivity contribution in [3.05, 3.63) is 83.3 Å². The minimum atomic E-state index is -0.497. The Bertz CT molecular complexity index is 1520. The van der Waals surface area contributed by atoms with Crippen molar-refractivity contribution >= 4 is 75.9 Å². The van der Waals surface area contributed by atoms with Gasteiger partial charge in [-0.15, -0.1) is 0 Å². The highest BCUT2D eigenvalue weighted by Crippen LogP contribution is 2.45. The number of hydrogen-bond acceptors (Lipinski definition) is 5. The second kappa shape index (κ2) is 8.35. The van der Waals surface area contributed by atoms with Gasteiger partial charge in [-0.25, -0.2) is 9.50 Å². The van der Waals surface area contributed by atoms with E-state index in [1.165, 1.54) is 0 Å². The molecule has 0 bridgehead atoms. The maximum Gasteiger partial charge on any atom is 0.184 e. The van der Waals surface area contributed by atoms with Crippen LogP contribution in [0.4, 0.5) is 11.5 Å². The van der Waals surface area contributed by atoms with E-state index < -0.39 is 2.14 Å². The lowest BCUT2D eigenvalue weighted by molar-refractivity contribution is 0.459. The number of nitrogens with one attached hydrogen (secondary N) is 1. The molecule has 0 fully saturated rings. The monoisotopic (exact) mass is 613 g/mol. The van der Waals surface area contributed by atoms with Gasteiger partial charge in [-0.05, 0) is 54.3 Å². The zero-order chi connectivity index (χ0) is 22.3. The Morgan fingerprint density at radius 1 is 1.06 bits per heavy atom. The van der Waals surface area contributed by atoms with E-state index in [-0.39, 0.29) is 0 Å². The van der Waals surface area contributed by atoms with E-state index in [1.54, 1.807) is 16.9 Å². The molecule has 0 unspecified atom stereocenters.